The number of aromatic nitrogens is 3. The number of carbonyl (C=O) groups excluding carboxylic acids is 1. The minimum Gasteiger partial charge on any atom is -0.496 e. The molecule has 0 amide bonds. The van der Waals surface area contributed by atoms with E-state index >= 15 is 0 Å². The summed E-state index contributed by atoms with van der Waals surface area (Å²) in [4.78, 5) is 17.5. The number of hydrogen-bond acceptors (Lipinski definition) is 6. The quantitative estimate of drug-likeness (QED) is 0.648. The number of ketones is 1. The number of rotatable bonds is 4. The van der Waals surface area contributed by atoms with Crippen LogP contribution in [0, 0.1) is 12.8 Å². The van der Waals surface area contributed by atoms with Crippen LogP contribution in [0.3, 0.4) is 0 Å². The van der Waals surface area contributed by atoms with Crippen LogP contribution in [0.15, 0.2) is 30.0 Å². The van der Waals surface area contributed by atoms with E-state index < -0.39 is 0 Å². The van der Waals surface area contributed by atoms with Gasteiger partial charge in [-0.25, -0.2) is 4.98 Å². The molecule has 1 saturated heterocycles. The van der Waals surface area contributed by atoms with Crippen LogP contribution in [0.5, 0.6) is 11.5 Å². The van der Waals surface area contributed by atoms with Crippen molar-refractivity contribution in [1.29, 1.82) is 0 Å². The lowest BCUT2D eigenvalue weighted by Crippen LogP contribution is -2.28. The summed E-state index contributed by atoms with van der Waals surface area (Å²) in [6.45, 7) is 3.97. The third-order valence-electron chi connectivity index (χ3n) is 5.93. The van der Waals surface area contributed by atoms with E-state index in [1.54, 1.807) is 19.3 Å². The summed E-state index contributed by atoms with van der Waals surface area (Å²) in [5.74, 6) is 2.08. The predicted molar refractivity (Wildman–Crippen MR) is 114 cm³/mol. The largest absolute Gasteiger partial charge is 0.496 e. The van der Waals surface area contributed by atoms with E-state index in [1.807, 2.05) is 25.1 Å². The smallest absolute Gasteiger partial charge is 0.232 e. The van der Waals surface area contributed by atoms with E-state index in [0.717, 1.165) is 54.7 Å². The lowest BCUT2D eigenvalue weighted by Gasteiger charge is -2.24. The number of ether oxygens (including phenoxy) is 2. The number of hydrogen-bond donors (Lipinski definition) is 2. The van der Waals surface area contributed by atoms with Gasteiger partial charge >= 0.3 is 0 Å². The Balaban J connectivity index is 1.51. The number of nitrogens with zero attached hydrogens (tertiary/aromatic N) is 2. The van der Waals surface area contributed by atoms with Crippen molar-refractivity contribution in [2.75, 3.05) is 20.2 Å². The third kappa shape index (κ3) is 3.25. The molecule has 0 atom stereocenters. The molecule has 2 aliphatic heterocycles. The summed E-state index contributed by atoms with van der Waals surface area (Å²) in [6.07, 6.45) is 4.74. The summed E-state index contributed by atoms with van der Waals surface area (Å²) < 4.78 is 11.7. The van der Waals surface area contributed by atoms with Crippen molar-refractivity contribution in [3.63, 3.8) is 0 Å². The molecule has 0 spiro atoms. The van der Waals surface area contributed by atoms with Crippen molar-refractivity contribution >= 4 is 22.9 Å². The van der Waals surface area contributed by atoms with Gasteiger partial charge in [-0.3, -0.25) is 9.89 Å². The first-order chi connectivity index (χ1) is 14.6. The van der Waals surface area contributed by atoms with Gasteiger partial charge in [0, 0.05) is 22.7 Å². The van der Waals surface area contributed by atoms with E-state index in [2.05, 4.69) is 20.5 Å². The van der Waals surface area contributed by atoms with E-state index in [1.165, 1.54) is 0 Å². The van der Waals surface area contributed by atoms with Crippen LogP contribution in [0.2, 0.25) is 0 Å². The number of aromatic amines is 1. The fourth-order valence-corrected chi connectivity index (χ4v) is 4.30. The number of aryl methyl sites for hydroxylation is 1. The molecule has 154 valence electrons. The predicted octanol–water partition coefficient (Wildman–Crippen LogP) is 3.43. The lowest BCUT2D eigenvalue weighted by atomic mass is 9.89. The van der Waals surface area contributed by atoms with Crippen LogP contribution < -0.4 is 14.8 Å². The molecule has 0 saturated carbocycles. The summed E-state index contributed by atoms with van der Waals surface area (Å²) in [5.41, 5.74) is 3.79. The fraction of sp³-hybridized carbons (Fsp3) is 0.348. The van der Waals surface area contributed by atoms with E-state index in [4.69, 9.17) is 9.47 Å². The Bertz CT molecular complexity index is 1160. The highest BCUT2D eigenvalue weighted by Gasteiger charge is 2.32. The second-order valence-corrected chi connectivity index (χ2v) is 7.92. The standard InChI is InChI=1S/C23H24N4O3/c1-13-3-4-15-18(26-27-23(15)25-13)12-20-21(28)16-5-6-19(29-2)17(22(16)30-20)11-14-7-9-24-10-8-14/h3-6,12,14,24H,7-11H2,1-2H3,(H,25,26,27). The Morgan fingerprint density at radius 1 is 1.23 bits per heavy atom. The van der Waals surface area contributed by atoms with Crippen LogP contribution in [0.1, 0.15) is 40.2 Å². The second-order valence-electron chi connectivity index (χ2n) is 7.92. The summed E-state index contributed by atoms with van der Waals surface area (Å²) in [6, 6.07) is 7.53. The molecule has 30 heavy (non-hydrogen) atoms. The maximum atomic E-state index is 13.1. The molecule has 3 aromatic rings. The van der Waals surface area contributed by atoms with Crippen molar-refractivity contribution in [2.24, 2.45) is 5.92 Å². The van der Waals surface area contributed by atoms with Gasteiger partial charge in [0.05, 0.1) is 18.4 Å². The van der Waals surface area contributed by atoms with Crippen molar-refractivity contribution in [3.8, 4) is 11.5 Å². The topological polar surface area (TPSA) is 89.1 Å². The summed E-state index contributed by atoms with van der Waals surface area (Å²) in [7, 11) is 1.66. The zero-order valence-electron chi connectivity index (χ0n) is 17.1. The van der Waals surface area contributed by atoms with Gasteiger partial charge in [-0.15, -0.1) is 0 Å². The zero-order chi connectivity index (χ0) is 20.7. The molecular weight excluding hydrogens is 380 g/mol. The van der Waals surface area contributed by atoms with E-state index in [0.29, 0.717) is 28.6 Å². The number of H-pyrrole nitrogens is 1. The molecule has 0 radical (unpaired) electrons. The highest BCUT2D eigenvalue weighted by atomic mass is 16.5. The Morgan fingerprint density at radius 3 is 2.87 bits per heavy atom. The maximum Gasteiger partial charge on any atom is 0.232 e. The number of Topliss-reactive ketones (excluding diaryl/α,β-unsaturated/α-hetero) is 1. The van der Waals surface area contributed by atoms with Crippen molar-refractivity contribution < 1.29 is 14.3 Å². The van der Waals surface area contributed by atoms with Gasteiger partial charge in [-0.2, -0.15) is 5.10 Å². The Kier molecular flexibility index (Phi) is 4.75. The average molecular weight is 404 g/mol. The molecule has 0 aliphatic carbocycles. The number of fused-ring (bicyclic) bond motifs is 2. The number of benzene rings is 1. The molecule has 2 aromatic heterocycles. The van der Waals surface area contributed by atoms with Crippen molar-refractivity contribution in [2.45, 2.75) is 26.2 Å². The van der Waals surface area contributed by atoms with Crippen LogP contribution >= 0.6 is 0 Å². The number of piperidine rings is 1. The highest BCUT2D eigenvalue weighted by Crippen LogP contribution is 2.42. The van der Waals surface area contributed by atoms with Crippen molar-refractivity contribution in [3.05, 3.63) is 52.5 Å². The molecule has 0 bridgehead atoms. The molecule has 2 aliphatic rings. The Morgan fingerprint density at radius 2 is 2.07 bits per heavy atom. The molecule has 7 nitrogen and oxygen atoms in total. The van der Waals surface area contributed by atoms with Crippen LogP contribution in [-0.4, -0.2) is 41.2 Å². The van der Waals surface area contributed by atoms with Gasteiger partial charge in [-0.1, -0.05) is 0 Å². The minimum absolute atomic E-state index is 0.129. The van der Waals surface area contributed by atoms with Gasteiger partial charge in [0.1, 0.15) is 11.5 Å². The van der Waals surface area contributed by atoms with Gasteiger partial charge in [-0.05, 0) is 69.5 Å². The Labute approximate surface area is 174 Å². The molecule has 1 fully saturated rings. The number of methoxy groups -OCH3 is 1. The first-order valence-corrected chi connectivity index (χ1v) is 10.3. The maximum absolute atomic E-state index is 13.1. The summed E-state index contributed by atoms with van der Waals surface area (Å²) in [5, 5.41) is 11.5. The van der Waals surface area contributed by atoms with Crippen molar-refractivity contribution in [1.82, 2.24) is 20.5 Å². The van der Waals surface area contributed by atoms with E-state index in [-0.39, 0.29) is 11.5 Å². The van der Waals surface area contributed by atoms with Gasteiger partial charge in [0.15, 0.2) is 11.4 Å². The Hall–Kier alpha value is -3.19. The fourth-order valence-electron chi connectivity index (χ4n) is 4.30. The number of carbonyl (C=O) groups is 1. The van der Waals surface area contributed by atoms with Gasteiger partial charge < -0.3 is 14.8 Å². The molecule has 4 heterocycles. The van der Waals surface area contributed by atoms with Gasteiger partial charge in [0.25, 0.3) is 0 Å². The minimum atomic E-state index is -0.129. The SMILES string of the molecule is COc1ccc2c(c1CC1CCNCC1)OC(=Cc1n[nH]c3nc(C)ccc13)C2=O. The third-order valence-corrected chi connectivity index (χ3v) is 5.93. The number of pyridine rings is 1. The first-order valence-electron chi connectivity index (χ1n) is 10.3. The zero-order valence-corrected chi connectivity index (χ0v) is 17.1. The summed E-state index contributed by atoms with van der Waals surface area (Å²) >= 11 is 0. The molecule has 2 N–H and O–H groups in total. The lowest BCUT2D eigenvalue weighted by molar-refractivity contribution is 0.101. The molecule has 0 unspecified atom stereocenters. The highest BCUT2D eigenvalue weighted by molar-refractivity contribution is 6.15. The molecular formula is C23H24N4O3. The normalized spacial score (nSPS) is 18.1. The average Bonchev–Trinajstić information content (AvgIpc) is 3.30. The number of allylic oxidation sites excluding steroid dienone is 1. The molecule has 1 aromatic carbocycles. The van der Waals surface area contributed by atoms with Crippen LogP contribution in [-0.2, 0) is 6.42 Å². The van der Waals surface area contributed by atoms with Gasteiger partial charge in [0.2, 0.25) is 5.78 Å². The molecule has 5 rings (SSSR count). The monoisotopic (exact) mass is 404 g/mol. The van der Waals surface area contributed by atoms with E-state index in [9.17, 15) is 4.79 Å². The second kappa shape index (κ2) is 7.57. The number of nitrogens with one attached hydrogen (secondary N) is 2. The molecule has 7 heteroatoms. The van der Waals surface area contributed by atoms with Crippen LogP contribution in [0.25, 0.3) is 17.1 Å². The van der Waals surface area contributed by atoms with Crippen LogP contribution in [0.4, 0.5) is 0 Å². The first kappa shape index (κ1) is 18.8.